The number of nitrogens with zero attached hydrogens (tertiary/aromatic N) is 2. The number of hydrogen-bond acceptors (Lipinski definition) is 5. The molecule has 0 aliphatic carbocycles. The Balaban J connectivity index is 1.90. The summed E-state index contributed by atoms with van der Waals surface area (Å²) in [6.07, 6.45) is 0. The summed E-state index contributed by atoms with van der Waals surface area (Å²) in [5.74, 6) is 1.17. The lowest BCUT2D eigenvalue weighted by Gasteiger charge is -2.24. The third-order valence-electron chi connectivity index (χ3n) is 4.19. The van der Waals surface area contributed by atoms with Gasteiger partial charge in [-0.05, 0) is 23.6 Å². The molecule has 0 spiro atoms. The molecule has 7 heteroatoms. The lowest BCUT2D eigenvalue weighted by atomic mass is 10.2. The van der Waals surface area contributed by atoms with Gasteiger partial charge in [0.25, 0.3) is 0 Å². The second-order valence-corrected chi connectivity index (χ2v) is 8.78. The molecule has 0 aromatic heterocycles. The molecule has 1 atom stereocenters. The molecular weight excluding hydrogens is 328 g/mol. The van der Waals surface area contributed by atoms with Crippen molar-refractivity contribution in [2.24, 2.45) is 5.92 Å². The van der Waals surface area contributed by atoms with Crippen LogP contribution in [0.4, 0.5) is 0 Å². The molecule has 1 fully saturated rings. The zero-order valence-electron chi connectivity index (χ0n) is 14.6. The Hall–Kier alpha value is -1.60. The Kier molecular flexibility index (Phi) is 6.23. The number of benzene rings is 1. The number of likely N-dealkylation sites (N-methyl/N-ethyl adjacent to an activating group) is 1. The average molecular weight is 354 g/mol. The minimum atomic E-state index is -2.99. The SMILES string of the molecule is COc1ccc(CN(C)C(=O)CN2CCS(=O)(=O)CC(C)C2)cc1. The molecule has 134 valence electrons. The summed E-state index contributed by atoms with van der Waals surface area (Å²) >= 11 is 0. The monoisotopic (exact) mass is 354 g/mol. The zero-order chi connectivity index (χ0) is 17.7. The van der Waals surface area contributed by atoms with Crippen molar-refractivity contribution in [1.29, 1.82) is 0 Å². The van der Waals surface area contributed by atoms with Crippen molar-refractivity contribution in [3.63, 3.8) is 0 Å². The molecule has 0 radical (unpaired) electrons. The number of amides is 1. The van der Waals surface area contributed by atoms with Gasteiger partial charge in [-0.15, -0.1) is 0 Å². The number of ether oxygens (including phenoxy) is 1. The van der Waals surface area contributed by atoms with Gasteiger partial charge in [-0.1, -0.05) is 19.1 Å². The van der Waals surface area contributed by atoms with E-state index in [1.54, 1.807) is 19.1 Å². The van der Waals surface area contributed by atoms with Crippen molar-refractivity contribution >= 4 is 15.7 Å². The third kappa shape index (κ3) is 5.49. The first-order chi connectivity index (χ1) is 11.3. The van der Waals surface area contributed by atoms with Crippen molar-refractivity contribution < 1.29 is 17.9 Å². The fourth-order valence-corrected chi connectivity index (χ4v) is 4.59. The van der Waals surface area contributed by atoms with Crippen LogP contribution in [0, 0.1) is 5.92 Å². The van der Waals surface area contributed by atoms with Gasteiger partial charge in [-0.25, -0.2) is 8.42 Å². The minimum Gasteiger partial charge on any atom is -0.497 e. The van der Waals surface area contributed by atoms with E-state index in [1.807, 2.05) is 36.1 Å². The minimum absolute atomic E-state index is 0.00249. The predicted molar refractivity (Wildman–Crippen MR) is 93.7 cm³/mol. The van der Waals surface area contributed by atoms with Gasteiger partial charge < -0.3 is 9.64 Å². The first-order valence-corrected chi connectivity index (χ1v) is 9.91. The standard InChI is InChI=1S/C17H26N2O4S/c1-14-10-19(8-9-24(21,22)13-14)12-17(20)18(2)11-15-4-6-16(23-3)7-5-15/h4-7,14H,8-13H2,1-3H3. The van der Waals surface area contributed by atoms with Crippen molar-refractivity contribution in [2.75, 3.05) is 45.3 Å². The molecule has 1 saturated heterocycles. The molecule has 2 rings (SSSR count). The second kappa shape index (κ2) is 7.98. The lowest BCUT2D eigenvalue weighted by molar-refractivity contribution is -0.131. The second-order valence-electron chi connectivity index (χ2n) is 6.55. The number of sulfone groups is 1. The molecular formula is C17H26N2O4S. The van der Waals surface area contributed by atoms with E-state index in [2.05, 4.69) is 0 Å². The van der Waals surface area contributed by atoms with Crippen LogP contribution in [0.2, 0.25) is 0 Å². The topological polar surface area (TPSA) is 66.9 Å². The van der Waals surface area contributed by atoms with Crippen molar-refractivity contribution in [3.8, 4) is 5.75 Å². The molecule has 0 N–H and O–H groups in total. The summed E-state index contributed by atoms with van der Waals surface area (Å²) < 4.78 is 28.7. The van der Waals surface area contributed by atoms with Crippen LogP contribution in [0.1, 0.15) is 12.5 Å². The van der Waals surface area contributed by atoms with Crippen LogP contribution in [0.15, 0.2) is 24.3 Å². The van der Waals surface area contributed by atoms with Crippen LogP contribution in [0.3, 0.4) is 0 Å². The molecule has 1 amide bonds. The molecule has 1 aromatic carbocycles. The van der Waals surface area contributed by atoms with Gasteiger partial charge in [0.1, 0.15) is 5.75 Å². The highest BCUT2D eigenvalue weighted by molar-refractivity contribution is 7.91. The fourth-order valence-electron chi connectivity index (χ4n) is 2.92. The van der Waals surface area contributed by atoms with Crippen LogP contribution < -0.4 is 4.74 Å². The number of hydrogen-bond donors (Lipinski definition) is 0. The van der Waals surface area contributed by atoms with E-state index in [-0.39, 0.29) is 29.9 Å². The van der Waals surface area contributed by atoms with E-state index in [1.165, 1.54) is 0 Å². The highest BCUT2D eigenvalue weighted by Crippen LogP contribution is 2.14. The lowest BCUT2D eigenvalue weighted by Crippen LogP contribution is -2.40. The Morgan fingerprint density at radius 2 is 2.00 bits per heavy atom. The van der Waals surface area contributed by atoms with Crippen molar-refractivity contribution in [1.82, 2.24) is 9.80 Å². The molecule has 6 nitrogen and oxygen atoms in total. The van der Waals surface area contributed by atoms with Gasteiger partial charge in [0.05, 0.1) is 25.2 Å². The van der Waals surface area contributed by atoms with Gasteiger partial charge in [-0.3, -0.25) is 9.69 Å². The van der Waals surface area contributed by atoms with E-state index in [4.69, 9.17) is 4.74 Å². The van der Waals surface area contributed by atoms with Crippen LogP contribution in [0.5, 0.6) is 5.75 Å². The Labute approximate surface area is 144 Å². The van der Waals surface area contributed by atoms with Crippen molar-refractivity contribution in [2.45, 2.75) is 13.5 Å². The zero-order valence-corrected chi connectivity index (χ0v) is 15.4. The Morgan fingerprint density at radius 1 is 1.33 bits per heavy atom. The molecule has 0 bridgehead atoms. The van der Waals surface area contributed by atoms with Gasteiger partial charge in [0, 0.05) is 26.7 Å². The third-order valence-corrected chi connectivity index (χ3v) is 6.07. The summed E-state index contributed by atoms with van der Waals surface area (Å²) in [7, 11) is 0.396. The van der Waals surface area contributed by atoms with Gasteiger partial charge in [-0.2, -0.15) is 0 Å². The van der Waals surface area contributed by atoms with E-state index < -0.39 is 9.84 Å². The van der Waals surface area contributed by atoms with E-state index in [0.29, 0.717) is 19.6 Å². The smallest absolute Gasteiger partial charge is 0.236 e. The predicted octanol–water partition coefficient (Wildman–Crippen LogP) is 1.02. The first kappa shape index (κ1) is 18.7. The Morgan fingerprint density at radius 3 is 2.62 bits per heavy atom. The van der Waals surface area contributed by atoms with Gasteiger partial charge in [0.2, 0.25) is 5.91 Å². The molecule has 0 saturated carbocycles. The normalized spacial score (nSPS) is 21.0. The molecule has 1 aromatic rings. The first-order valence-electron chi connectivity index (χ1n) is 8.09. The summed E-state index contributed by atoms with van der Waals surface area (Å²) in [6, 6.07) is 7.61. The largest absolute Gasteiger partial charge is 0.497 e. The van der Waals surface area contributed by atoms with Crippen LogP contribution in [-0.4, -0.2) is 69.4 Å². The number of methoxy groups -OCH3 is 1. The van der Waals surface area contributed by atoms with E-state index >= 15 is 0 Å². The summed E-state index contributed by atoms with van der Waals surface area (Å²) in [4.78, 5) is 16.0. The quantitative estimate of drug-likeness (QED) is 0.790. The number of carbonyl (C=O) groups excluding carboxylic acids is 1. The molecule has 1 unspecified atom stereocenters. The molecule has 24 heavy (non-hydrogen) atoms. The van der Waals surface area contributed by atoms with Crippen LogP contribution in [-0.2, 0) is 21.2 Å². The van der Waals surface area contributed by atoms with Gasteiger partial charge >= 0.3 is 0 Å². The molecule has 1 aliphatic rings. The van der Waals surface area contributed by atoms with Crippen LogP contribution in [0.25, 0.3) is 0 Å². The van der Waals surface area contributed by atoms with Gasteiger partial charge in [0.15, 0.2) is 9.84 Å². The van der Waals surface area contributed by atoms with Crippen molar-refractivity contribution in [3.05, 3.63) is 29.8 Å². The fraction of sp³-hybridized carbons (Fsp3) is 0.588. The maximum absolute atomic E-state index is 12.4. The average Bonchev–Trinajstić information content (AvgIpc) is 2.65. The van der Waals surface area contributed by atoms with E-state index in [0.717, 1.165) is 11.3 Å². The summed E-state index contributed by atoms with van der Waals surface area (Å²) in [5.41, 5.74) is 1.03. The number of rotatable bonds is 5. The summed E-state index contributed by atoms with van der Waals surface area (Å²) in [5, 5.41) is 0. The summed E-state index contributed by atoms with van der Waals surface area (Å²) in [6.45, 7) is 3.76. The van der Waals surface area contributed by atoms with Crippen LogP contribution >= 0.6 is 0 Å². The highest BCUT2D eigenvalue weighted by Gasteiger charge is 2.26. The number of carbonyl (C=O) groups is 1. The molecule has 1 heterocycles. The Bertz CT molecular complexity index is 658. The highest BCUT2D eigenvalue weighted by atomic mass is 32.2. The maximum Gasteiger partial charge on any atom is 0.236 e. The van der Waals surface area contributed by atoms with E-state index in [9.17, 15) is 13.2 Å². The maximum atomic E-state index is 12.4. The molecule has 1 aliphatic heterocycles.